The molecule has 0 bridgehead atoms. The van der Waals surface area contributed by atoms with Crippen LogP contribution in [0.4, 0.5) is 0 Å². The van der Waals surface area contributed by atoms with E-state index in [9.17, 15) is 5.11 Å². The predicted octanol–water partition coefficient (Wildman–Crippen LogP) is 2.23. The van der Waals surface area contributed by atoms with E-state index < -0.39 is 0 Å². The molecule has 4 heteroatoms. The SMILES string of the molecule is COc1cc(C(C)CN)cc(Br)c1O. The Balaban J connectivity index is 3.16. The van der Waals surface area contributed by atoms with Crippen molar-refractivity contribution in [3.05, 3.63) is 22.2 Å². The number of methoxy groups -OCH3 is 1. The van der Waals surface area contributed by atoms with Crippen molar-refractivity contribution in [1.29, 1.82) is 0 Å². The van der Waals surface area contributed by atoms with Crippen LogP contribution in [0, 0.1) is 0 Å². The van der Waals surface area contributed by atoms with Gasteiger partial charge in [-0.2, -0.15) is 0 Å². The molecule has 0 heterocycles. The zero-order valence-corrected chi connectivity index (χ0v) is 9.84. The van der Waals surface area contributed by atoms with Crippen LogP contribution in [-0.4, -0.2) is 18.8 Å². The number of hydrogen-bond donors (Lipinski definition) is 2. The molecular weight excluding hydrogens is 246 g/mol. The molecule has 1 aromatic carbocycles. The van der Waals surface area contributed by atoms with E-state index in [2.05, 4.69) is 15.9 Å². The lowest BCUT2D eigenvalue weighted by Crippen LogP contribution is -2.08. The first-order valence-corrected chi connectivity index (χ1v) is 5.16. The zero-order chi connectivity index (χ0) is 10.7. The van der Waals surface area contributed by atoms with Gasteiger partial charge in [-0.15, -0.1) is 0 Å². The van der Waals surface area contributed by atoms with E-state index in [0.717, 1.165) is 5.56 Å². The summed E-state index contributed by atoms with van der Waals surface area (Å²) in [5.41, 5.74) is 6.62. The van der Waals surface area contributed by atoms with Crippen molar-refractivity contribution in [2.75, 3.05) is 13.7 Å². The lowest BCUT2D eigenvalue weighted by molar-refractivity contribution is 0.371. The normalized spacial score (nSPS) is 12.6. The van der Waals surface area contributed by atoms with Crippen molar-refractivity contribution in [2.24, 2.45) is 5.73 Å². The molecule has 1 rings (SSSR count). The Kier molecular flexibility index (Phi) is 3.77. The number of rotatable bonds is 3. The molecule has 0 spiro atoms. The molecular formula is C10H14BrNO2. The van der Waals surface area contributed by atoms with Crippen molar-refractivity contribution in [3.63, 3.8) is 0 Å². The highest BCUT2D eigenvalue weighted by Crippen LogP contribution is 2.36. The van der Waals surface area contributed by atoms with E-state index in [-0.39, 0.29) is 11.7 Å². The summed E-state index contributed by atoms with van der Waals surface area (Å²) in [6, 6.07) is 3.66. The second kappa shape index (κ2) is 4.66. The van der Waals surface area contributed by atoms with Gasteiger partial charge in [0, 0.05) is 0 Å². The van der Waals surface area contributed by atoms with Gasteiger partial charge >= 0.3 is 0 Å². The molecule has 0 radical (unpaired) electrons. The fraction of sp³-hybridized carbons (Fsp3) is 0.400. The highest BCUT2D eigenvalue weighted by atomic mass is 79.9. The highest BCUT2D eigenvalue weighted by Gasteiger charge is 2.11. The molecule has 0 aliphatic carbocycles. The first kappa shape index (κ1) is 11.3. The third-order valence-corrected chi connectivity index (χ3v) is 2.80. The smallest absolute Gasteiger partial charge is 0.172 e. The summed E-state index contributed by atoms with van der Waals surface area (Å²) in [5, 5.41) is 9.57. The van der Waals surface area contributed by atoms with Gasteiger partial charge < -0.3 is 15.6 Å². The van der Waals surface area contributed by atoms with Gasteiger partial charge in [0.2, 0.25) is 0 Å². The Labute approximate surface area is 92.0 Å². The molecule has 1 atom stereocenters. The molecule has 0 aromatic heterocycles. The summed E-state index contributed by atoms with van der Waals surface area (Å²) in [6.45, 7) is 2.60. The van der Waals surface area contributed by atoms with Gasteiger partial charge in [0.25, 0.3) is 0 Å². The molecule has 0 saturated heterocycles. The first-order valence-electron chi connectivity index (χ1n) is 4.36. The van der Waals surface area contributed by atoms with Crippen LogP contribution < -0.4 is 10.5 Å². The summed E-state index contributed by atoms with van der Waals surface area (Å²) < 4.78 is 5.67. The van der Waals surface area contributed by atoms with Gasteiger partial charge in [-0.3, -0.25) is 0 Å². The molecule has 0 aliphatic heterocycles. The van der Waals surface area contributed by atoms with Crippen LogP contribution in [0.2, 0.25) is 0 Å². The first-order chi connectivity index (χ1) is 6.60. The molecule has 0 aliphatic rings. The van der Waals surface area contributed by atoms with Crippen LogP contribution >= 0.6 is 15.9 Å². The number of ether oxygens (including phenoxy) is 1. The second-order valence-electron chi connectivity index (χ2n) is 3.19. The molecule has 3 N–H and O–H groups in total. The molecule has 1 aromatic rings. The summed E-state index contributed by atoms with van der Waals surface area (Å²) in [7, 11) is 1.53. The van der Waals surface area contributed by atoms with Crippen molar-refractivity contribution in [2.45, 2.75) is 12.8 Å². The van der Waals surface area contributed by atoms with Crippen LogP contribution in [0.5, 0.6) is 11.5 Å². The fourth-order valence-corrected chi connectivity index (χ4v) is 1.63. The molecule has 0 fully saturated rings. The van der Waals surface area contributed by atoms with Crippen LogP contribution in [0.3, 0.4) is 0 Å². The third-order valence-electron chi connectivity index (χ3n) is 2.19. The highest BCUT2D eigenvalue weighted by molar-refractivity contribution is 9.10. The minimum Gasteiger partial charge on any atom is -0.503 e. The van der Waals surface area contributed by atoms with Gasteiger partial charge in [0.05, 0.1) is 11.6 Å². The van der Waals surface area contributed by atoms with Gasteiger partial charge in [-0.05, 0) is 46.1 Å². The Morgan fingerprint density at radius 2 is 2.21 bits per heavy atom. The van der Waals surface area contributed by atoms with Crippen LogP contribution in [-0.2, 0) is 0 Å². The van der Waals surface area contributed by atoms with E-state index in [1.165, 1.54) is 7.11 Å². The van der Waals surface area contributed by atoms with E-state index in [1.54, 1.807) is 6.07 Å². The number of nitrogens with two attached hydrogens (primary N) is 1. The molecule has 78 valence electrons. The molecule has 0 saturated carbocycles. The average Bonchev–Trinajstić information content (AvgIpc) is 2.20. The lowest BCUT2D eigenvalue weighted by atomic mass is 10.0. The number of hydrogen-bond acceptors (Lipinski definition) is 3. The minimum absolute atomic E-state index is 0.125. The molecule has 1 unspecified atom stereocenters. The molecule has 0 amide bonds. The van der Waals surface area contributed by atoms with Gasteiger partial charge in [-0.25, -0.2) is 0 Å². The maximum Gasteiger partial charge on any atom is 0.172 e. The van der Waals surface area contributed by atoms with Crippen molar-refractivity contribution in [1.82, 2.24) is 0 Å². The Morgan fingerprint density at radius 1 is 1.57 bits per heavy atom. The molecule has 14 heavy (non-hydrogen) atoms. The van der Waals surface area contributed by atoms with E-state index in [4.69, 9.17) is 10.5 Å². The largest absolute Gasteiger partial charge is 0.503 e. The zero-order valence-electron chi connectivity index (χ0n) is 8.25. The topological polar surface area (TPSA) is 55.5 Å². The van der Waals surface area contributed by atoms with Gasteiger partial charge in [0.1, 0.15) is 0 Å². The van der Waals surface area contributed by atoms with Crippen molar-refractivity contribution in [3.8, 4) is 11.5 Å². The summed E-state index contributed by atoms with van der Waals surface area (Å²) in [5.74, 6) is 0.843. The number of aromatic hydroxyl groups is 1. The maximum absolute atomic E-state index is 9.57. The number of benzene rings is 1. The third kappa shape index (κ3) is 2.19. The van der Waals surface area contributed by atoms with Crippen molar-refractivity contribution >= 4 is 15.9 Å². The quantitative estimate of drug-likeness (QED) is 0.876. The van der Waals surface area contributed by atoms with Crippen LogP contribution in [0.25, 0.3) is 0 Å². The summed E-state index contributed by atoms with van der Waals surface area (Å²) in [4.78, 5) is 0. The van der Waals surface area contributed by atoms with E-state index in [0.29, 0.717) is 16.8 Å². The number of phenols is 1. The fourth-order valence-electron chi connectivity index (χ4n) is 1.17. The molecule has 3 nitrogen and oxygen atoms in total. The summed E-state index contributed by atoms with van der Waals surface area (Å²) >= 11 is 3.26. The Morgan fingerprint density at radius 3 is 2.71 bits per heavy atom. The number of halogens is 1. The van der Waals surface area contributed by atoms with Crippen LogP contribution in [0.15, 0.2) is 16.6 Å². The maximum atomic E-state index is 9.57. The standard InChI is InChI=1S/C10H14BrNO2/c1-6(5-12)7-3-8(11)10(13)9(4-7)14-2/h3-4,6,13H,5,12H2,1-2H3. The predicted molar refractivity (Wildman–Crippen MR) is 59.8 cm³/mol. The summed E-state index contributed by atoms with van der Waals surface area (Å²) in [6.07, 6.45) is 0. The monoisotopic (exact) mass is 259 g/mol. The average molecular weight is 260 g/mol. The minimum atomic E-state index is 0.125. The van der Waals surface area contributed by atoms with E-state index >= 15 is 0 Å². The van der Waals surface area contributed by atoms with Gasteiger partial charge in [-0.1, -0.05) is 6.92 Å². The van der Waals surface area contributed by atoms with Crippen LogP contribution in [0.1, 0.15) is 18.4 Å². The van der Waals surface area contributed by atoms with Crippen molar-refractivity contribution < 1.29 is 9.84 Å². The van der Waals surface area contributed by atoms with Gasteiger partial charge in [0.15, 0.2) is 11.5 Å². The Bertz CT molecular complexity index is 328. The lowest BCUT2D eigenvalue weighted by Gasteiger charge is -2.12. The Hall–Kier alpha value is -0.740. The second-order valence-corrected chi connectivity index (χ2v) is 4.04. The number of phenolic OH excluding ortho intramolecular Hbond substituents is 1. The van der Waals surface area contributed by atoms with E-state index in [1.807, 2.05) is 13.0 Å².